The Morgan fingerprint density at radius 3 is 2.56 bits per heavy atom. The van der Waals surface area contributed by atoms with E-state index >= 15 is 0 Å². The zero-order valence-corrected chi connectivity index (χ0v) is 10.6. The maximum atomic E-state index is 11.7. The highest BCUT2D eigenvalue weighted by molar-refractivity contribution is 5.78. The molecule has 1 aliphatic heterocycles. The molecule has 4 heteroatoms. The lowest BCUT2D eigenvalue weighted by Gasteiger charge is -2.41. The van der Waals surface area contributed by atoms with Gasteiger partial charge in [0.1, 0.15) is 5.41 Å². The summed E-state index contributed by atoms with van der Waals surface area (Å²) in [6.45, 7) is 4.96. The molecular formula is C12H23NO3. The summed E-state index contributed by atoms with van der Waals surface area (Å²) in [5.74, 6) is -0.138. The van der Waals surface area contributed by atoms with E-state index in [1.807, 2.05) is 0 Å². The summed E-state index contributed by atoms with van der Waals surface area (Å²) in [5.41, 5.74) is -0.407. The Morgan fingerprint density at radius 2 is 2.12 bits per heavy atom. The fourth-order valence-corrected chi connectivity index (χ4v) is 2.07. The highest BCUT2D eigenvalue weighted by Gasteiger charge is 2.47. The molecule has 0 unspecified atom stereocenters. The van der Waals surface area contributed by atoms with Gasteiger partial charge in [-0.2, -0.15) is 0 Å². The monoisotopic (exact) mass is 229 g/mol. The third kappa shape index (κ3) is 3.19. The summed E-state index contributed by atoms with van der Waals surface area (Å²) < 4.78 is 10.00. The molecule has 1 aliphatic rings. The predicted octanol–water partition coefficient (Wildman–Crippen LogP) is 1.30. The van der Waals surface area contributed by atoms with Crippen LogP contribution in [0.3, 0.4) is 0 Å². The molecule has 16 heavy (non-hydrogen) atoms. The van der Waals surface area contributed by atoms with Crippen molar-refractivity contribution in [2.24, 2.45) is 5.41 Å². The zero-order valence-electron chi connectivity index (χ0n) is 10.6. The summed E-state index contributed by atoms with van der Waals surface area (Å²) in [7, 11) is 3.50. The van der Waals surface area contributed by atoms with E-state index in [1.54, 1.807) is 0 Å². The van der Waals surface area contributed by atoms with Crippen LogP contribution in [0.15, 0.2) is 0 Å². The maximum absolute atomic E-state index is 11.7. The smallest absolute Gasteiger partial charge is 0.317 e. The summed E-state index contributed by atoms with van der Waals surface area (Å²) in [6, 6.07) is 0. The number of methoxy groups -OCH3 is 1. The molecule has 0 spiro atoms. The Balaban J connectivity index is 2.35. The third-order valence-electron chi connectivity index (χ3n) is 3.09. The molecule has 0 aromatic rings. The van der Waals surface area contributed by atoms with Crippen LogP contribution in [-0.2, 0) is 14.3 Å². The van der Waals surface area contributed by atoms with E-state index in [1.165, 1.54) is 26.4 Å². The average Bonchev–Trinajstić information content (AvgIpc) is 2.23. The second-order valence-electron chi connectivity index (χ2n) is 4.71. The molecule has 0 aromatic carbocycles. The predicted molar refractivity (Wildman–Crippen MR) is 62.3 cm³/mol. The molecule has 1 heterocycles. The number of unbranched alkanes of at least 4 members (excludes halogenated alkanes) is 2. The van der Waals surface area contributed by atoms with Gasteiger partial charge in [0.15, 0.2) is 0 Å². The molecule has 1 fully saturated rings. The van der Waals surface area contributed by atoms with E-state index in [9.17, 15) is 4.79 Å². The molecule has 0 amide bonds. The number of nitrogens with zero attached hydrogens (tertiary/aromatic N) is 1. The molecule has 4 nitrogen and oxygen atoms in total. The van der Waals surface area contributed by atoms with E-state index in [4.69, 9.17) is 9.47 Å². The van der Waals surface area contributed by atoms with Crippen LogP contribution in [0.1, 0.15) is 26.2 Å². The molecule has 0 saturated carbocycles. The highest BCUT2D eigenvalue weighted by Crippen LogP contribution is 2.29. The van der Waals surface area contributed by atoms with Gasteiger partial charge < -0.3 is 14.4 Å². The van der Waals surface area contributed by atoms with Gasteiger partial charge in [0.25, 0.3) is 0 Å². The third-order valence-corrected chi connectivity index (χ3v) is 3.09. The van der Waals surface area contributed by atoms with Gasteiger partial charge in [0.2, 0.25) is 0 Å². The van der Waals surface area contributed by atoms with Gasteiger partial charge in [0.05, 0.1) is 20.3 Å². The quantitative estimate of drug-likeness (QED) is 0.487. The molecule has 0 atom stereocenters. The molecule has 1 rings (SSSR count). The second kappa shape index (κ2) is 6.21. The van der Waals surface area contributed by atoms with Gasteiger partial charge >= 0.3 is 5.97 Å². The zero-order chi connectivity index (χ0) is 12.0. The van der Waals surface area contributed by atoms with Gasteiger partial charge in [-0.25, -0.2) is 0 Å². The van der Waals surface area contributed by atoms with Crippen LogP contribution in [0.25, 0.3) is 0 Å². The lowest BCUT2D eigenvalue weighted by molar-refractivity contribution is -0.186. The average molecular weight is 229 g/mol. The fourth-order valence-electron chi connectivity index (χ4n) is 2.07. The van der Waals surface area contributed by atoms with Crippen molar-refractivity contribution in [1.29, 1.82) is 0 Å². The number of hydrogen-bond donors (Lipinski definition) is 0. The molecule has 0 aromatic heterocycles. The topological polar surface area (TPSA) is 38.8 Å². The first-order chi connectivity index (χ1) is 7.64. The lowest BCUT2D eigenvalue weighted by Crippen LogP contribution is -2.55. The van der Waals surface area contributed by atoms with Gasteiger partial charge in [-0.05, 0) is 20.0 Å². The summed E-state index contributed by atoms with van der Waals surface area (Å²) in [6.07, 6.45) is 3.65. The first-order valence-electron chi connectivity index (χ1n) is 5.99. The van der Waals surface area contributed by atoms with Crippen molar-refractivity contribution in [1.82, 2.24) is 4.90 Å². The van der Waals surface area contributed by atoms with Crippen molar-refractivity contribution in [2.45, 2.75) is 26.2 Å². The molecule has 1 saturated heterocycles. The molecule has 0 aliphatic carbocycles. The van der Waals surface area contributed by atoms with Gasteiger partial charge in [-0.3, -0.25) is 4.79 Å². The SMILES string of the molecule is CCCCCN(C)CC1(C(=O)OC)COC1. The minimum absolute atomic E-state index is 0.138. The van der Waals surface area contributed by atoms with E-state index in [0.29, 0.717) is 13.2 Å². The van der Waals surface area contributed by atoms with Gasteiger partial charge in [-0.1, -0.05) is 19.8 Å². The first kappa shape index (κ1) is 13.5. The van der Waals surface area contributed by atoms with Crippen molar-refractivity contribution in [2.75, 3.05) is 40.5 Å². The second-order valence-corrected chi connectivity index (χ2v) is 4.71. The van der Waals surface area contributed by atoms with Gasteiger partial charge in [-0.15, -0.1) is 0 Å². The van der Waals surface area contributed by atoms with Crippen molar-refractivity contribution in [3.63, 3.8) is 0 Å². The molecular weight excluding hydrogens is 206 g/mol. The first-order valence-corrected chi connectivity index (χ1v) is 5.99. The standard InChI is InChI=1S/C12H23NO3/c1-4-5-6-7-13(2)8-12(9-16-10-12)11(14)15-3/h4-10H2,1-3H3. The van der Waals surface area contributed by atoms with Crippen molar-refractivity contribution in [3.05, 3.63) is 0 Å². The van der Waals surface area contributed by atoms with Crippen LogP contribution in [0, 0.1) is 5.41 Å². The molecule has 0 bridgehead atoms. The van der Waals surface area contributed by atoms with Crippen LogP contribution >= 0.6 is 0 Å². The van der Waals surface area contributed by atoms with Crippen LogP contribution in [0.5, 0.6) is 0 Å². The number of rotatable bonds is 7. The lowest BCUT2D eigenvalue weighted by atomic mass is 9.85. The van der Waals surface area contributed by atoms with Crippen molar-refractivity contribution in [3.8, 4) is 0 Å². The van der Waals surface area contributed by atoms with Crippen LogP contribution in [0.4, 0.5) is 0 Å². The van der Waals surface area contributed by atoms with Gasteiger partial charge in [0, 0.05) is 6.54 Å². The summed E-state index contributed by atoms with van der Waals surface area (Å²) in [4.78, 5) is 13.9. The number of ether oxygens (including phenoxy) is 2. The van der Waals surface area contributed by atoms with E-state index in [2.05, 4.69) is 18.9 Å². The Kier molecular flexibility index (Phi) is 5.22. The van der Waals surface area contributed by atoms with E-state index in [-0.39, 0.29) is 5.97 Å². The summed E-state index contributed by atoms with van der Waals surface area (Å²) >= 11 is 0. The number of esters is 1. The minimum Gasteiger partial charge on any atom is -0.468 e. The molecule has 94 valence electrons. The van der Waals surface area contributed by atoms with Crippen molar-refractivity contribution >= 4 is 5.97 Å². The van der Waals surface area contributed by atoms with E-state index in [0.717, 1.165) is 13.1 Å². The van der Waals surface area contributed by atoms with Crippen LogP contribution in [-0.4, -0.2) is 51.3 Å². The summed E-state index contributed by atoms with van der Waals surface area (Å²) in [5, 5.41) is 0. The minimum atomic E-state index is -0.407. The number of carbonyl (C=O) groups is 1. The fraction of sp³-hybridized carbons (Fsp3) is 0.917. The number of carbonyl (C=O) groups excluding carboxylic acids is 1. The maximum Gasteiger partial charge on any atom is 0.317 e. The Labute approximate surface area is 97.9 Å². The van der Waals surface area contributed by atoms with Crippen molar-refractivity contribution < 1.29 is 14.3 Å². The Bertz CT molecular complexity index is 226. The highest BCUT2D eigenvalue weighted by atomic mass is 16.5. The van der Waals surface area contributed by atoms with E-state index < -0.39 is 5.41 Å². The molecule has 0 N–H and O–H groups in total. The van der Waals surface area contributed by atoms with Crippen LogP contribution in [0.2, 0.25) is 0 Å². The largest absolute Gasteiger partial charge is 0.468 e. The van der Waals surface area contributed by atoms with Crippen LogP contribution < -0.4 is 0 Å². The molecule has 0 radical (unpaired) electrons. The number of hydrogen-bond acceptors (Lipinski definition) is 4. The normalized spacial score (nSPS) is 18.2. The Morgan fingerprint density at radius 1 is 1.44 bits per heavy atom. The Hall–Kier alpha value is -0.610.